The Labute approximate surface area is 107 Å². The number of ether oxygens (including phenoxy) is 1. The summed E-state index contributed by atoms with van der Waals surface area (Å²) in [5.41, 5.74) is 1.06. The van der Waals surface area contributed by atoms with Crippen molar-refractivity contribution in [3.8, 4) is 34.5 Å². The lowest BCUT2D eigenvalue weighted by atomic mass is 10.2. The molecule has 0 atom stereocenters. The van der Waals surface area contributed by atoms with E-state index in [-0.39, 0.29) is 11.6 Å². The predicted octanol–water partition coefficient (Wildman–Crippen LogP) is 1.24. The van der Waals surface area contributed by atoms with E-state index in [1.165, 1.54) is 19.4 Å². The molecule has 8 heteroatoms. The molecule has 96 valence electrons. The molecule has 0 unspecified atom stereocenters. The Balaban J connectivity index is 1.97. The summed E-state index contributed by atoms with van der Waals surface area (Å²) in [5.74, 6) is 0.969. The molecule has 0 spiro atoms. The van der Waals surface area contributed by atoms with Crippen LogP contribution in [0.3, 0.4) is 0 Å². The van der Waals surface area contributed by atoms with Gasteiger partial charge in [0.1, 0.15) is 0 Å². The summed E-state index contributed by atoms with van der Waals surface area (Å²) < 4.78 is 10.1. The lowest BCUT2D eigenvalue weighted by Gasteiger charge is -2.02. The summed E-state index contributed by atoms with van der Waals surface area (Å²) in [5, 5.41) is 23.5. The van der Waals surface area contributed by atoms with Gasteiger partial charge in [0.15, 0.2) is 17.2 Å². The monoisotopic (exact) mass is 259 g/mol. The number of aromatic hydroxyl groups is 1. The standard InChI is InChI=1S/C11H9N5O3/c1-18-9-3-2-6(4-8(9)17)11-13-10(15-19-11)7-5-12-16-14-7/h2-5,17H,1H3,(H,12,14,16). The van der Waals surface area contributed by atoms with Crippen molar-refractivity contribution in [3.63, 3.8) is 0 Å². The number of aromatic nitrogens is 5. The third kappa shape index (κ3) is 1.99. The molecule has 3 aromatic rings. The van der Waals surface area contributed by atoms with Gasteiger partial charge < -0.3 is 14.4 Å². The van der Waals surface area contributed by atoms with Crippen LogP contribution in [-0.2, 0) is 0 Å². The highest BCUT2D eigenvalue weighted by atomic mass is 16.5. The van der Waals surface area contributed by atoms with Crippen LogP contribution in [0.5, 0.6) is 11.5 Å². The molecule has 0 saturated carbocycles. The number of H-pyrrole nitrogens is 1. The van der Waals surface area contributed by atoms with Crippen molar-refractivity contribution in [1.82, 2.24) is 25.6 Å². The molecular formula is C11H9N5O3. The first-order chi connectivity index (χ1) is 9.28. The van der Waals surface area contributed by atoms with Crippen molar-refractivity contribution in [2.24, 2.45) is 0 Å². The zero-order valence-corrected chi connectivity index (χ0v) is 9.86. The maximum Gasteiger partial charge on any atom is 0.258 e. The first-order valence-corrected chi connectivity index (χ1v) is 5.35. The number of benzene rings is 1. The van der Waals surface area contributed by atoms with E-state index in [4.69, 9.17) is 9.26 Å². The van der Waals surface area contributed by atoms with Crippen LogP contribution in [0.25, 0.3) is 23.0 Å². The lowest BCUT2D eigenvalue weighted by Crippen LogP contribution is -1.85. The van der Waals surface area contributed by atoms with Crippen LogP contribution in [0.4, 0.5) is 0 Å². The second-order valence-electron chi connectivity index (χ2n) is 3.67. The second kappa shape index (κ2) is 4.41. The van der Waals surface area contributed by atoms with Gasteiger partial charge in [0.25, 0.3) is 5.89 Å². The van der Waals surface area contributed by atoms with E-state index in [1.54, 1.807) is 12.1 Å². The number of hydrogen-bond acceptors (Lipinski definition) is 7. The van der Waals surface area contributed by atoms with Crippen molar-refractivity contribution >= 4 is 0 Å². The first-order valence-electron chi connectivity index (χ1n) is 5.35. The molecule has 0 amide bonds. The van der Waals surface area contributed by atoms with Crippen molar-refractivity contribution in [2.45, 2.75) is 0 Å². The smallest absolute Gasteiger partial charge is 0.258 e. The molecule has 8 nitrogen and oxygen atoms in total. The minimum atomic E-state index is 0.00110. The summed E-state index contributed by atoms with van der Waals surface area (Å²) in [4.78, 5) is 4.17. The van der Waals surface area contributed by atoms with Gasteiger partial charge in [-0.2, -0.15) is 20.4 Å². The average Bonchev–Trinajstić information content (AvgIpc) is 3.09. The number of phenols is 1. The number of nitrogens with zero attached hydrogens (tertiary/aromatic N) is 4. The molecule has 2 N–H and O–H groups in total. The van der Waals surface area contributed by atoms with E-state index >= 15 is 0 Å². The highest BCUT2D eigenvalue weighted by molar-refractivity contribution is 5.61. The molecular weight excluding hydrogens is 250 g/mol. The number of aromatic amines is 1. The van der Waals surface area contributed by atoms with Gasteiger partial charge in [0.2, 0.25) is 5.82 Å². The van der Waals surface area contributed by atoms with Crippen LogP contribution in [0, 0.1) is 0 Å². The van der Waals surface area contributed by atoms with E-state index in [0.29, 0.717) is 22.8 Å². The molecule has 0 radical (unpaired) electrons. The molecule has 0 aliphatic carbocycles. The molecule has 0 aliphatic rings. The Morgan fingerprint density at radius 3 is 2.95 bits per heavy atom. The zero-order chi connectivity index (χ0) is 13.2. The van der Waals surface area contributed by atoms with E-state index in [1.807, 2.05) is 0 Å². The quantitative estimate of drug-likeness (QED) is 0.727. The number of phenolic OH excluding ortho intramolecular Hbond substituents is 1. The zero-order valence-electron chi connectivity index (χ0n) is 9.86. The summed E-state index contributed by atoms with van der Waals surface area (Å²) in [7, 11) is 1.48. The second-order valence-corrected chi connectivity index (χ2v) is 3.67. The Bertz CT molecular complexity index is 692. The van der Waals surface area contributed by atoms with Crippen molar-refractivity contribution in [3.05, 3.63) is 24.4 Å². The summed E-state index contributed by atoms with van der Waals surface area (Å²) in [6.45, 7) is 0. The summed E-state index contributed by atoms with van der Waals surface area (Å²) >= 11 is 0. The van der Waals surface area contributed by atoms with Gasteiger partial charge in [-0.3, -0.25) is 0 Å². The van der Waals surface area contributed by atoms with Gasteiger partial charge in [0.05, 0.1) is 13.3 Å². The van der Waals surface area contributed by atoms with E-state index in [0.717, 1.165) is 0 Å². The fourth-order valence-electron chi connectivity index (χ4n) is 1.58. The van der Waals surface area contributed by atoms with Gasteiger partial charge in [-0.25, -0.2) is 0 Å². The van der Waals surface area contributed by atoms with Crippen LogP contribution in [0.1, 0.15) is 0 Å². The third-order valence-corrected chi connectivity index (χ3v) is 2.50. The van der Waals surface area contributed by atoms with Crippen LogP contribution in [0.15, 0.2) is 28.9 Å². The number of nitrogens with one attached hydrogen (secondary N) is 1. The largest absolute Gasteiger partial charge is 0.504 e. The molecule has 0 fully saturated rings. The van der Waals surface area contributed by atoms with Gasteiger partial charge in [-0.15, -0.1) is 0 Å². The molecule has 2 aromatic heterocycles. The Morgan fingerprint density at radius 1 is 1.37 bits per heavy atom. The van der Waals surface area contributed by atoms with Gasteiger partial charge in [-0.1, -0.05) is 5.16 Å². The Morgan fingerprint density at radius 2 is 2.26 bits per heavy atom. The number of rotatable bonds is 3. The summed E-state index contributed by atoms with van der Waals surface area (Å²) in [6.07, 6.45) is 1.49. The fraction of sp³-hybridized carbons (Fsp3) is 0.0909. The minimum absolute atomic E-state index is 0.00110. The Hall–Kier alpha value is -2.90. The van der Waals surface area contributed by atoms with Gasteiger partial charge in [0, 0.05) is 5.56 Å². The van der Waals surface area contributed by atoms with E-state index in [2.05, 4.69) is 25.6 Å². The van der Waals surface area contributed by atoms with Crippen LogP contribution in [-0.4, -0.2) is 37.8 Å². The van der Waals surface area contributed by atoms with Gasteiger partial charge >= 0.3 is 0 Å². The lowest BCUT2D eigenvalue weighted by molar-refractivity contribution is 0.373. The number of methoxy groups -OCH3 is 1. The summed E-state index contributed by atoms with van der Waals surface area (Å²) in [6, 6.07) is 4.81. The molecule has 3 rings (SSSR count). The fourth-order valence-corrected chi connectivity index (χ4v) is 1.58. The van der Waals surface area contributed by atoms with Crippen LogP contribution < -0.4 is 4.74 Å². The minimum Gasteiger partial charge on any atom is -0.504 e. The molecule has 0 saturated heterocycles. The molecule has 19 heavy (non-hydrogen) atoms. The highest BCUT2D eigenvalue weighted by Gasteiger charge is 2.14. The Kier molecular flexibility index (Phi) is 2.60. The third-order valence-electron chi connectivity index (χ3n) is 2.50. The topological polar surface area (TPSA) is 110 Å². The molecule has 2 heterocycles. The maximum atomic E-state index is 9.70. The SMILES string of the molecule is COc1ccc(-c2nc(-c3cn[nH]n3)no2)cc1O. The predicted molar refractivity (Wildman–Crippen MR) is 63.3 cm³/mol. The molecule has 0 aliphatic heterocycles. The average molecular weight is 259 g/mol. The van der Waals surface area contributed by atoms with E-state index < -0.39 is 0 Å². The highest BCUT2D eigenvalue weighted by Crippen LogP contribution is 2.31. The van der Waals surface area contributed by atoms with Crippen LogP contribution >= 0.6 is 0 Å². The number of hydrogen-bond donors (Lipinski definition) is 2. The van der Waals surface area contributed by atoms with Crippen LogP contribution in [0.2, 0.25) is 0 Å². The van der Waals surface area contributed by atoms with E-state index in [9.17, 15) is 5.11 Å². The van der Waals surface area contributed by atoms with Gasteiger partial charge in [-0.05, 0) is 18.2 Å². The first kappa shape index (κ1) is 11.2. The normalized spacial score (nSPS) is 10.6. The maximum absolute atomic E-state index is 9.70. The molecule has 1 aromatic carbocycles. The van der Waals surface area contributed by atoms with Crippen molar-refractivity contribution < 1.29 is 14.4 Å². The molecule has 0 bridgehead atoms. The van der Waals surface area contributed by atoms with Crippen molar-refractivity contribution in [1.29, 1.82) is 0 Å². The van der Waals surface area contributed by atoms with Crippen molar-refractivity contribution in [2.75, 3.05) is 7.11 Å².